The van der Waals surface area contributed by atoms with Crippen molar-refractivity contribution < 1.29 is 4.52 Å². The summed E-state index contributed by atoms with van der Waals surface area (Å²) in [6, 6.07) is 5.60. The van der Waals surface area contributed by atoms with Crippen LogP contribution in [0.2, 0.25) is 0 Å². The van der Waals surface area contributed by atoms with Crippen LogP contribution >= 0.6 is 11.3 Å². The lowest BCUT2D eigenvalue weighted by molar-refractivity contribution is 0.388. The van der Waals surface area contributed by atoms with Gasteiger partial charge in [-0.2, -0.15) is 0 Å². The lowest BCUT2D eigenvalue weighted by atomic mass is 10.3. The summed E-state index contributed by atoms with van der Waals surface area (Å²) in [6.45, 7) is 0. The van der Waals surface area contributed by atoms with Crippen LogP contribution < -0.4 is 5.76 Å². The molecule has 0 spiro atoms. The molecule has 84 valence electrons. The minimum absolute atomic E-state index is 0.327. The van der Waals surface area contributed by atoms with Gasteiger partial charge in [0.25, 0.3) is 0 Å². The average molecular weight is 246 g/mol. The fourth-order valence-electron chi connectivity index (χ4n) is 1.33. The molecule has 0 bridgehead atoms. The zero-order valence-electron chi connectivity index (χ0n) is 8.45. The van der Waals surface area contributed by atoms with Crippen molar-refractivity contribution in [3.05, 3.63) is 40.3 Å². The van der Waals surface area contributed by atoms with Crippen molar-refractivity contribution in [2.75, 3.05) is 0 Å². The Morgan fingerprint density at radius 1 is 1.29 bits per heavy atom. The van der Waals surface area contributed by atoms with E-state index in [0.29, 0.717) is 11.5 Å². The highest BCUT2D eigenvalue weighted by Crippen LogP contribution is 2.25. The van der Waals surface area contributed by atoms with Crippen molar-refractivity contribution in [1.29, 1.82) is 0 Å². The van der Waals surface area contributed by atoms with Crippen LogP contribution in [-0.2, 0) is 0 Å². The molecule has 7 heteroatoms. The molecule has 17 heavy (non-hydrogen) atoms. The second-order valence-corrected chi connectivity index (χ2v) is 4.05. The topological polar surface area (TPSA) is 84.7 Å². The van der Waals surface area contributed by atoms with Crippen LogP contribution in [0.3, 0.4) is 0 Å². The lowest BCUT2D eigenvalue weighted by Crippen LogP contribution is -1.94. The molecule has 0 aliphatic carbocycles. The average Bonchev–Trinajstić information content (AvgIpc) is 2.98. The summed E-state index contributed by atoms with van der Waals surface area (Å²) < 4.78 is 4.42. The van der Waals surface area contributed by atoms with Gasteiger partial charge in [-0.25, -0.2) is 9.78 Å². The molecule has 0 amide bonds. The Bertz CT molecular complexity index is 685. The molecule has 0 fully saturated rings. The molecule has 0 aliphatic heterocycles. The van der Waals surface area contributed by atoms with Crippen LogP contribution in [-0.4, -0.2) is 20.1 Å². The molecule has 0 atom stereocenters. The van der Waals surface area contributed by atoms with Gasteiger partial charge in [-0.1, -0.05) is 11.2 Å². The zero-order chi connectivity index (χ0) is 11.7. The van der Waals surface area contributed by atoms with E-state index in [1.807, 2.05) is 18.2 Å². The number of rotatable bonds is 2. The first kappa shape index (κ1) is 9.91. The van der Waals surface area contributed by atoms with Gasteiger partial charge < -0.3 is 0 Å². The summed E-state index contributed by atoms with van der Waals surface area (Å²) in [5, 5.41) is 6.13. The number of hydrogen-bond donors (Lipinski definition) is 1. The number of nitrogens with zero attached hydrogens (tertiary/aromatic N) is 3. The monoisotopic (exact) mass is 246 g/mol. The van der Waals surface area contributed by atoms with Crippen LogP contribution in [0.15, 0.2) is 39.1 Å². The van der Waals surface area contributed by atoms with Crippen molar-refractivity contribution in [1.82, 2.24) is 20.1 Å². The van der Waals surface area contributed by atoms with Crippen molar-refractivity contribution in [2.24, 2.45) is 0 Å². The molecule has 6 nitrogen and oxygen atoms in total. The van der Waals surface area contributed by atoms with Gasteiger partial charge in [0.15, 0.2) is 0 Å². The van der Waals surface area contributed by atoms with E-state index in [1.54, 1.807) is 11.6 Å². The van der Waals surface area contributed by atoms with Gasteiger partial charge in [0.2, 0.25) is 5.82 Å². The predicted octanol–water partition coefficient (Wildman–Crippen LogP) is 1.55. The number of aromatic nitrogens is 4. The van der Waals surface area contributed by atoms with Gasteiger partial charge in [-0.15, -0.1) is 11.3 Å². The first-order chi connectivity index (χ1) is 8.33. The van der Waals surface area contributed by atoms with Gasteiger partial charge in [-0.05, 0) is 12.1 Å². The van der Waals surface area contributed by atoms with Crippen molar-refractivity contribution >= 4 is 11.3 Å². The quantitative estimate of drug-likeness (QED) is 0.741. The Labute approximate surface area is 99.0 Å². The maximum atomic E-state index is 10.8. The third-order valence-corrected chi connectivity index (χ3v) is 2.94. The highest BCUT2D eigenvalue weighted by atomic mass is 32.1. The Balaban J connectivity index is 2.01. The summed E-state index contributed by atoms with van der Waals surface area (Å²) in [5.41, 5.74) is 1.36. The van der Waals surface area contributed by atoms with Crippen molar-refractivity contribution in [3.8, 4) is 22.2 Å². The molecular weight excluding hydrogens is 240 g/mol. The van der Waals surface area contributed by atoms with E-state index in [-0.39, 0.29) is 0 Å². The predicted molar refractivity (Wildman–Crippen MR) is 61.5 cm³/mol. The van der Waals surface area contributed by atoms with E-state index in [2.05, 4.69) is 24.6 Å². The third kappa shape index (κ3) is 1.87. The normalized spacial score (nSPS) is 10.6. The minimum atomic E-state index is -0.590. The lowest BCUT2D eigenvalue weighted by Gasteiger charge is -1.91. The highest BCUT2D eigenvalue weighted by molar-refractivity contribution is 7.13. The van der Waals surface area contributed by atoms with Crippen molar-refractivity contribution in [2.45, 2.75) is 0 Å². The maximum absolute atomic E-state index is 10.8. The SMILES string of the molecule is O=c1[nH]c(-c2csc(-c3ccccn3)n2)no1. The van der Waals surface area contributed by atoms with Gasteiger partial charge in [0.1, 0.15) is 10.7 Å². The van der Waals surface area contributed by atoms with Gasteiger partial charge >= 0.3 is 5.76 Å². The Morgan fingerprint density at radius 2 is 2.24 bits per heavy atom. The Kier molecular flexibility index (Phi) is 2.30. The number of pyridine rings is 1. The fraction of sp³-hybridized carbons (Fsp3) is 0. The molecule has 0 saturated heterocycles. The smallest absolute Gasteiger partial charge is 0.296 e. The molecule has 0 saturated carbocycles. The summed E-state index contributed by atoms with van der Waals surface area (Å²) in [4.78, 5) is 21.8. The van der Waals surface area contributed by atoms with E-state index < -0.39 is 5.76 Å². The molecule has 0 radical (unpaired) electrons. The summed E-state index contributed by atoms with van der Waals surface area (Å²) in [6.07, 6.45) is 1.70. The third-order valence-electron chi connectivity index (χ3n) is 2.07. The molecule has 1 N–H and O–H groups in total. The molecule has 3 aromatic rings. The van der Waals surface area contributed by atoms with Crippen LogP contribution in [0, 0.1) is 0 Å². The summed E-state index contributed by atoms with van der Waals surface area (Å²) >= 11 is 1.43. The number of hydrogen-bond acceptors (Lipinski definition) is 6. The summed E-state index contributed by atoms with van der Waals surface area (Å²) in [7, 11) is 0. The molecule has 3 heterocycles. The Hall–Kier alpha value is -2.28. The van der Waals surface area contributed by atoms with E-state index >= 15 is 0 Å². The molecule has 0 unspecified atom stereocenters. The van der Waals surface area contributed by atoms with E-state index in [9.17, 15) is 4.79 Å². The number of aromatic amines is 1. The standard InChI is InChI=1S/C10H6N4O2S/c15-10-13-8(14-16-10)7-5-17-9(12-7)6-3-1-2-4-11-6/h1-5H,(H,13,14,15). The second-order valence-electron chi connectivity index (χ2n) is 3.20. The largest absolute Gasteiger partial charge is 0.439 e. The first-order valence-electron chi connectivity index (χ1n) is 4.76. The zero-order valence-corrected chi connectivity index (χ0v) is 9.27. The Morgan fingerprint density at radius 3 is 2.94 bits per heavy atom. The molecule has 0 aliphatic rings. The van der Waals surface area contributed by atoms with Gasteiger partial charge in [0.05, 0.1) is 5.69 Å². The molecular formula is C10H6N4O2S. The molecule has 3 aromatic heterocycles. The number of thiazole rings is 1. The van der Waals surface area contributed by atoms with Crippen LogP contribution in [0.1, 0.15) is 0 Å². The van der Waals surface area contributed by atoms with Gasteiger partial charge in [-0.3, -0.25) is 14.5 Å². The summed E-state index contributed by atoms with van der Waals surface area (Å²) in [5.74, 6) is -0.263. The molecule has 0 aromatic carbocycles. The maximum Gasteiger partial charge on any atom is 0.439 e. The van der Waals surface area contributed by atoms with Crippen LogP contribution in [0.25, 0.3) is 22.2 Å². The van der Waals surface area contributed by atoms with E-state index in [4.69, 9.17) is 0 Å². The highest BCUT2D eigenvalue weighted by Gasteiger charge is 2.10. The van der Waals surface area contributed by atoms with E-state index in [1.165, 1.54) is 11.3 Å². The van der Waals surface area contributed by atoms with Crippen LogP contribution in [0.4, 0.5) is 0 Å². The molecule has 3 rings (SSSR count). The number of H-pyrrole nitrogens is 1. The second kappa shape index (κ2) is 3.95. The van der Waals surface area contributed by atoms with E-state index in [0.717, 1.165) is 10.7 Å². The number of nitrogens with one attached hydrogen (secondary N) is 1. The van der Waals surface area contributed by atoms with Crippen LogP contribution in [0.5, 0.6) is 0 Å². The van der Waals surface area contributed by atoms with Crippen molar-refractivity contribution in [3.63, 3.8) is 0 Å². The van der Waals surface area contributed by atoms with Gasteiger partial charge in [0, 0.05) is 11.6 Å². The first-order valence-corrected chi connectivity index (χ1v) is 5.64. The fourth-order valence-corrected chi connectivity index (χ4v) is 2.11. The minimum Gasteiger partial charge on any atom is -0.296 e.